The zero-order chi connectivity index (χ0) is 20.6. The van der Waals surface area contributed by atoms with E-state index in [1.807, 2.05) is 7.05 Å². The predicted octanol–water partition coefficient (Wildman–Crippen LogP) is 4.04. The Hall–Kier alpha value is -1.92. The molecule has 1 aromatic heterocycles. The van der Waals surface area contributed by atoms with E-state index in [-0.39, 0.29) is 0 Å². The predicted molar refractivity (Wildman–Crippen MR) is 124 cm³/mol. The van der Waals surface area contributed by atoms with Crippen LogP contribution < -0.4 is 10.6 Å². The van der Waals surface area contributed by atoms with E-state index in [0.717, 1.165) is 37.7 Å². The van der Waals surface area contributed by atoms with Crippen LogP contribution in [0.25, 0.3) is 0 Å². The second kappa shape index (κ2) is 10.7. The molecule has 5 nitrogen and oxygen atoms in total. The average Bonchev–Trinajstić information content (AvgIpc) is 3.04. The molecular formula is C23H35N5S. The van der Waals surface area contributed by atoms with Crippen LogP contribution in [0.2, 0.25) is 0 Å². The van der Waals surface area contributed by atoms with E-state index >= 15 is 0 Å². The lowest BCUT2D eigenvalue weighted by Crippen LogP contribution is -2.38. The molecule has 1 aromatic carbocycles. The molecule has 0 amide bonds. The third-order valence-electron chi connectivity index (χ3n) is 5.74. The van der Waals surface area contributed by atoms with Crippen molar-refractivity contribution in [3.8, 4) is 0 Å². The second-order valence-corrected chi connectivity index (χ2v) is 9.27. The number of aliphatic imine (C=N–C) groups is 1. The Morgan fingerprint density at radius 3 is 2.59 bits per heavy atom. The lowest BCUT2D eigenvalue weighted by Gasteiger charge is -2.33. The summed E-state index contributed by atoms with van der Waals surface area (Å²) in [5, 5.41) is 7.98. The Kier molecular flexibility index (Phi) is 8.07. The molecule has 6 heteroatoms. The standard InChI is InChI=1S/C23H35N5S/c1-17-7-5-6-14-28(17)16-21-10-8-20(9-11-21)15-26-23(24-4)25-13-12-22-27-18(2)19(3)29-22/h8-11,17H,5-7,12-16H2,1-4H3,(H2,24,25,26). The number of nitrogens with zero attached hydrogens (tertiary/aromatic N) is 3. The maximum absolute atomic E-state index is 4.60. The maximum atomic E-state index is 4.60. The molecule has 0 radical (unpaired) electrons. The second-order valence-electron chi connectivity index (χ2n) is 7.98. The van der Waals surface area contributed by atoms with E-state index in [2.05, 4.69) is 70.5 Å². The molecule has 0 saturated carbocycles. The topological polar surface area (TPSA) is 52.6 Å². The highest BCUT2D eigenvalue weighted by molar-refractivity contribution is 7.11. The molecule has 2 aromatic rings. The van der Waals surface area contributed by atoms with E-state index in [0.29, 0.717) is 6.04 Å². The van der Waals surface area contributed by atoms with Gasteiger partial charge in [0, 0.05) is 44.0 Å². The lowest BCUT2D eigenvalue weighted by molar-refractivity contribution is 0.152. The van der Waals surface area contributed by atoms with Crippen LogP contribution in [-0.4, -0.2) is 42.0 Å². The fourth-order valence-electron chi connectivity index (χ4n) is 3.73. The minimum absolute atomic E-state index is 0.705. The van der Waals surface area contributed by atoms with Crippen molar-refractivity contribution in [2.24, 2.45) is 4.99 Å². The van der Waals surface area contributed by atoms with Gasteiger partial charge >= 0.3 is 0 Å². The van der Waals surface area contributed by atoms with Crippen LogP contribution in [0.4, 0.5) is 0 Å². The summed E-state index contributed by atoms with van der Waals surface area (Å²) >= 11 is 1.78. The Morgan fingerprint density at radius 2 is 1.93 bits per heavy atom. The van der Waals surface area contributed by atoms with E-state index in [1.165, 1.54) is 46.8 Å². The summed E-state index contributed by atoms with van der Waals surface area (Å²) in [4.78, 5) is 12.8. The minimum Gasteiger partial charge on any atom is -0.356 e. The van der Waals surface area contributed by atoms with Gasteiger partial charge in [0.25, 0.3) is 0 Å². The van der Waals surface area contributed by atoms with Crippen molar-refractivity contribution in [3.05, 3.63) is 51.0 Å². The average molecular weight is 414 g/mol. The largest absolute Gasteiger partial charge is 0.356 e. The number of rotatable bonds is 7. The van der Waals surface area contributed by atoms with Crippen molar-refractivity contribution >= 4 is 17.3 Å². The number of guanidine groups is 1. The zero-order valence-electron chi connectivity index (χ0n) is 18.3. The summed E-state index contributed by atoms with van der Waals surface area (Å²) in [6.45, 7) is 10.5. The van der Waals surface area contributed by atoms with Gasteiger partial charge in [-0.15, -0.1) is 11.3 Å². The number of piperidine rings is 1. The van der Waals surface area contributed by atoms with Crippen molar-refractivity contribution < 1.29 is 0 Å². The molecule has 0 spiro atoms. The molecule has 0 bridgehead atoms. The number of nitrogens with one attached hydrogen (secondary N) is 2. The number of hydrogen-bond donors (Lipinski definition) is 2. The smallest absolute Gasteiger partial charge is 0.191 e. The summed E-state index contributed by atoms with van der Waals surface area (Å²) in [7, 11) is 1.82. The number of aryl methyl sites for hydroxylation is 2. The number of hydrogen-bond acceptors (Lipinski definition) is 4. The fraction of sp³-hybridized carbons (Fsp3) is 0.565. The fourth-order valence-corrected chi connectivity index (χ4v) is 4.66. The minimum atomic E-state index is 0.705. The molecule has 0 aliphatic carbocycles. The normalized spacial score (nSPS) is 18.1. The molecule has 1 unspecified atom stereocenters. The first-order valence-corrected chi connectivity index (χ1v) is 11.6. The summed E-state index contributed by atoms with van der Waals surface area (Å²) in [6.07, 6.45) is 4.96. The summed E-state index contributed by atoms with van der Waals surface area (Å²) < 4.78 is 0. The molecule has 29 heavy (non-hydrogen) atoms. The van der Waals surface area contributed by atoms with Gasteiger partial charge in [0.15, 0.2) is 5.96 Å². The first-order chi connectivity index (χ1) is 14.0. The maximum Gasteiger partial charge on any atom is 0.191 e. The molecular weight excluding hydrogens is 378 g/mol. The van der Waals surface area contributed by atoms with Gasteiger partial charge in [-0.05, 0) is 51.3 Å². The SMILES string of the molecule is CN=C(NCCc1nc(C)c(C)s1)NCc1ccc(CN2CCCCC2C)cc1. The van der Waals surface area contributed by atoms with Crippen LogP contribution in [0.1, 0.15) is 52.9 Å². The Morgan fingerprint density at radius 1 is 1.17 bits per heavy atom. The Labute approximate surface area is 179 Å². The van der Waals surface area contributed by atoms with E-state index in [1.54, 1.807) is 11.3 Å². The first kappa shape index (κ1) is 21.8. The first-order valence-electron chi connectivity index (χ1n) is 10.7. The number of benzene rings is 1. The van der Waals surface area contributed by atoms with Crippen LogP contribution >= 0.6 is 11.3 Å². The van der Waals surface area contributed by atoms with Gasteiger partial charge < -0.3 is 10.6 Å². The van der Waals surface area contributed by atoms with Crippen molar-refractivity contribution in [2.45, 2.75) is 65.6 Å². The van der Waals surface area contributed by atoms with Crippen molar-refractivity contribution in [2.75, 3.05) is 20.1 Å². The van der Waals surface area contributed by atoms with Crippen molar-refractivity contribution in [3.63, 3.8) is 0 Å². The Balaban J connectivity index is 1.42. The van der Waals surface area contributed by atoms with Crippen LogP contribution in [0.3, 0.4) is 0 Å². The van der Waals surface area contributed by atoms with Gasteiger partial charge in [0.05, 0.1) is 10.7 Å². The van der Waals surface area contributed by atoms with Gasteiger partial charge in [-0.3, -0.25) is 9.89 Å². The van der Waals surface area contributed by atoms with E-state index in [4.69, 9.17) is 0 Å². The van der Waals surface area contributed by atoms with Crippen molar-refractivity contribution in [1.29, 1.82) is 0 Å². The highest BCUT2D eigenvalue weighted by atomic mass is 32.1. The third kappa shape index (κ3) is 6.54. The molecule has 3 rings (SSSR count). The molecule has 1 aliphatic heterocycles. The number of aromatic nitrogens is 1. The summed E-state index contributed by atoms with van der Waals surface area (Å²) in [6, 6.07) is 9.69. The molecule has 2 N–H and O–H groups in total. The third-order valence-corrected chi connectivity index (χ3v) is 6.87. The highest BCUT2D eigenvalue weighted by Crippen LogP contribution is 2.19. The monoisotopic (exact) mass is 413 g/mol. The quantitative estimate of drug-likeness (QED) is 0.531. The molecule has 2 heterocycles. The summed E-state index contributed by atoms with van der Waals surface area (Å²) in [5.41, 5.74) is 3.82. The Bertz CT molecular complexity index is 777. The van der Waals surface area contributed by atoms with Gasteiger partial charge in [-0.1, -0.05) is 30.7 Å². The molecule has 1 aliphatic rings. The van der Waals surface area contributed by atoms with Gasteiger partial charge in [0.2, 0.25) is 0 Å². The molecule has 1 atom stereocenters. The molecule has 1 fully saturated rings. The molecule has 1 saturated heterocycles. The van der Waals surface area contributed by atoms with Crippen LogP contribution in [0, 0.1) is 13.8 Å². The van der Waals surface area contributed by atoms with Crippen LogP contribution in [0.15, 0.2) is 29.3 Å². The van der Waals surface area contributed by atoms with Crippen LogP contribution in [0.5, 0.6) is 0 Å². The van der Waals surface area contributed by atoms with Gasteiger partial charge in [0.1, 0.15) is 0 Å². The summed E-state index contributed by atoms with van der Waals surface area (Å²) in [5.74, 6) is 0.834. The van der Waals surface area contributed by atoms with E-state index in [9.17, 15) is 0 Å². The lowest BCUT2D eigenvalue weighted by atomic mass is 10.0. The number of likely N-dealkylation sites (tertiary alicyclic amines) is 1. The zero-order valence-corrected chi connectivity index (χ0v) is 19.1. The van der Waals surface area contributed by atoms with E-state index < -0.39 is 0 Å². The number of thiazole rings is 1. The van der Waals surface area contributed by atoms with Crippen molar-refractivity contribution in [1.82, 2.24) is 20.5 Å². The van der Waals surface area contributed by atoms with Crippen LogP contribution in [-0.2, 0) is 19.5 Å². The van der Waals surface area contributed by atoms with Gasteiger partial charge in [-0.25, -0.2) is 4.98 Å². The molecule has 158 valence electrons. The highest BCUT2D eigenvalue weighted by Gasteiger charge is 2.17. The van der Waals surface area contributed by atoms with Gasteiger partial charge in [-0.2, -0.15) is 0 Å².